The third-order valence-corrected chi connectivity index (χ3v) is 3.97. The minimum atomic E-state index is 0.752. The van der Waals surface area contributed by atoms with E-state index in [9.17, 15) is 0 Å². The molecule has 0 aliphatic carbocycles. The quantitative estimate of drug-likeness (QED) is 0.759. The van der Waals surface area contributed by atoms with Crippen LogP contribution in [0.25, 0.3) is 0 Å². The smallest absolute Gasteiger partial charge is 0.0827 e. The summed E-state index contributed by atoms with van der Waals surface area (Å²) in [7, 11) is 0. The number of nitrogens with zero attached hydrogens (tertiary/aromatic N) is 4. The topological polar surface area (TPSA) is 34.0 Å². The van der Waals surface area contributed by atoms with Gasteiger partial charge < -0.3 is 4.90 Å². The van der Waals surface area contributed by atoms with Crippen molar-refractivity contribution < 1.29 is 0 Å². The maximum atomic E-state index is 4.26. The molecule has 1 atom stereocenters. The highest BCUT2D eigenvalue weighted by molar-refractivity contribution is 4.92. The molecule has 1 aromatic rings. The molecule has 0 radical (unpaired) electrons. The molecule has 1 aromatic heterocycles. The number of rotatable bonds is 7. The molecule has 4 nitrogen and oxygen atoms in total. The number of unbranched alkanes of at least 4 members (excludes halogenated alkanes) is 1. The average Bonchev–Trinajstić information content (AvgIpc) is 2.85. The molecule has 0 spiro atoms. The predicted molar refractivity (Wildman–Crippen MR) is 78.1 cm³/mol. The van der Waals surface area contributed by atoms with E-state index in [0.29, 0.717) is 0 Å². The molecule has 1 aliphatic heterocycles. The minimum Gasteiger partial charge on any atom is -0.303 e. The van der Waals surface area contributed by atoms with Crippen LogP contribution in [0.2, 0.25) is 0 Å². The molecule has 0 aromatic carbocycles. The summed E-state index contributed by atoms with van der Waals surface area (Å²) in [5, 5.41) is 8.50. The molecule has 1 saturated heterocycles. The highest BCUT2D eigenvalue weighted by atomic mass is 15.4. The van der Waals surface area contributed by atoms with Gasteiger partial charge in [-0.2, -0.15) is 0 Å². The normalized spacial score (nSPS) is 20.8. The van der Waals surface area contributed by atoms with Crippen molar-refractivity contribution in [1.82, 2.24) is 19.9 Å². The van der Waals surface area contributed by atoms with Crippen LogP contribution in [0.4, 0.5) is 0 Å². The Labute approximate surface area is 117 Å². The lowest BCUT2D eigenvalue weighted by atomic mass is 9.98. The number of aromatic nitrogens is 3. The molecular weight excluding hydrogens is 236 g/mol. The van der Waals surface area contributed by atoms with Crippen molar-refractivity contribution in [2.45, 2.75) is 58.9 Å². The summed E-state index contributed by atoms with van der Waals surface area (Å²) in [6.07, 6.45) is 9.63. The molecule has 0 N–H and O–H groups in total. The summed E-state index contributed by atoms with van der Waals surface area (Å²) < 4.78 is 2.05. The van der Waals surface area contributed by atoms with Crippen molar-refractivity contribution >= 4 is 0 Å². The van der Waals surface area contributed by atoms with Crippen molar-refractivity contribution in [2.24, 2.45) is 5.92 Å². The van der Waals surface area contributed by atoms with Crippen LogP contribution in [0, 0.1) is 5.92 Å². The molecule has 2 heterocycles. The first-order valence-corrected chi connectivity index (χ1v) is 7.93. The maximum Gasteiger partial charge on any atom is 0.0827 e. The van der Waals surface area contributed by atoms with Gasteiger partial charge in [-0.3, -0.25) is 4.68 Å². The summed E-state index contributed by atoms with van der Waals surface area (Å²) in [6.45, 7) is 9.29. The van der Waals surface area contributed by atoms with Crippen molar-refractivity contribution in [2.75, 3.05) is 19.6 Å². The highest BCUT2D eigenvalue weighted by Gasteiger charge is 2.20. The Bertz CT molecular complexity index is 361. The summed E-state index contributed by atoms with van der Waals surface area (Å²) in [5.41, 5.74) is 1.14. The van der Waals surface area contributed by atoms with Gasteiger partial charge in [-0.15, -0.1) is 5.10 Å². The number of hydrogen-bond donors (Lipinski definition) is 0. The third-order valence-electron chi connectivity index (χ3n) is 3.97. The molecule has 19 heavy (non-hydrogen) atoms. The lowest BCUT2D eigenvalue weighted by Crippen LogP contribution is -2.37. The van der Waals surface area contributed by atoms with Crippen molar-refractivity contribution in [3.05, 3.63) is 11.9 Å². The first kappa shape index (κ1) is 14.5. The first-order chi connectivity index (χ1) is 9.31. The molecule has 108 valence electrons. The summed E-state index contributed by atoms with van der Waals surface area (Å²) in [6, 6.07) is 0. The Kier molecular flexibility index (Phi) is 5.83. The van der Waals surface area contributed by atoms with Crippen LogP contribution in [0.15, 0.2) is 6.20 Å². The fourth-order valence-corrected chi connectivity index (χ4v) is 2.95. The van der Waals surface area contributed by atoms with E-state index in [1.165, 1.54) is 45.3 Å². The molecular formula is C15H28N4. The van der Waals surface area contributed by atoms with E-state index >= 15 is 0 Å². The van der Waals surface area contributed by atoms with Crippen LogP contribution in [-0.2, 0) is 13.0 Å². The maximum absolute atomic E-state index is 4.26. The number of aryl methyl sites for hydroxylation is 1. The fourth-order valence-electron chi connectivity index (χ4n) is 2.95. The molecule has 2 rings (SSSR count). The Morgan fingerprint density at radius 2 is 2.21 bits per heavy atom. The van der Waals surface area contributed by atoms with Crippen LogP contribution in [0.3, 0.4) is 0 Å². The SMILES string of the molecule is CCCCN1CCCC(Cn2cc(CCC)nn2)C1. The number of piperidine rings is 1. The van der Waals surface area contributed by atoms with E-state index in [1.807, 2.05) is 0 Å². The van der Waals surface area contributed by atoms with Crippen LogP contribution < -0.4 is 0 Å². The molecule has 4 heteroatoms. The second-order valence-electron chi connectivity index (χ2n) is 5.84. The van der Waals surface area contributed by atoms with E-state index < -0.39 is 0 Å². The van der Waals surface area contributed by atoms with Crippen LogP contribution in [-0.4, -0.2) is 39.5 Å². The van der Waals surface area contributed by atoms with E-state index in [0.717, 1.165) is 31.0 Å². The van der Waals surface area contributed by atoms with Crippen LogP contribution in [0.5, 0.6) is 0 Å². The average molecular weight is 264 g/mol. The van der Waals surface area contributed by atoms with Gasteiger partial charge in [0.05, 0.1) is 5.69 Å². The van der Waals surface area contributed by atoms with Crippen molar-refractivity contribution in [3.8, 4) is 0 Å². The molecule has 0 bridgehead atoms. The second kappa shape index (κ2) is 7.63. The van der Waals surface area contributed by atoms with Crippen molar-refractivity contribution in [3.63, 3.8) is 0 Å². The third kappa shape index (κ3) is 4.60. The van der Waals surface area contributed by atoms with Crippen molar-refractivity contribution in [1.29, 1.82) is 0 Å². The Hall–Kier alpha value is -0.900. The van der Waals surface area contributed by atoms with Gasteiger partial charge in [0, 0.05) is 19.3 Å². The van der Waals surface area contributed by atoms with Gasteiger partial charge in [0.15, 0.2) is 0 Å². The molecule has 0 saturated carbocycles. The van der Waals surface area contributed by atoms with Gasteiger partial charge in [-0.1, -0.05) is 31.9 Å². The van der Waals surface area contributed by atoms with Gasteiger partial charge in [0.1, 0.15) is 0 Å². The molecule has 1 aliphatic rings. The highest BCUT2D eigenvalue weighted by Crippen LogP contribution is 2.18. The predicted octanol–water partition coefficient (Wildman–Crippen LogP) is 2.74. The van der Waals surface area contributed by atoms with Gasteiger partial charge >= 0.3 is 0 Å². The molecule has 1 unspecified atom stereocenters. The van der Waals surface area contributed by atoms with Gasteiger partial charge in [-0.25, -0.2) is 0 Å². The lowest BCUT2D eigenvalue weighted by Gasteiger charge is -2.32. The Morgan fingerprint density at radius 3 is 3.00 bits per heavy atom. The zero-order valence-electron chi connectivity index (χ0n) is 12.5. The van der Waals surface area contributed by atoms with E-state index in [2.05, 4.69) is 39.9 Å². The zero-order chi connectivity index (χ0) is 13.5. The largest absolute Gasteiger partial charge is 0.303 e. The van der Waals surface area contributed by atoms with Crippen LogP contribution in [0.1, 0.15) is 51.6 Å². The first-order valence-electron chi connectivity index (χ1n) is 7.93. The van der Waals surface area contributed by atoms with E-state index in [1.54, 1.807) is 0 Å². The second-order valence-corrected chi connectivity index (χ2v) is 5.84. The Morgan fingerprint density at radius 1 is 1.32 bits per heavy atom. The monoisotopic (exact) mass is 264 g/mol. The fraction of sp³-hybridized carbons (Fsp3) is 0.867. The number of likely N-dealkylation sites (tertiary alicyclic amines) is 1. The standard InChI is InChI=1S/C15H28N4/c1-3-5-9-18-10-6-8-14(11-18)12-19-13-15(7-4-2)16-17-19/h13-14H,3-12H2,1-2H3. The van der Waals surface area contributed by atoms with E-state index in [-0.39, 0.29) is 0 Å². The summed E-state index contributed by atoms with van der Waals surface area (Å²) in [4.78, 5) is 2.63. The summed E-state index contributed by atoms with van der Waals surface area (Å²) in [5.74, 6) is 0.752. The van der Waals surface area contributed by atoms with Gasteiger partial charge in [0.25, 0.3) is 0 Å². The molecule has 1 fully saturated rings. The number of hydrogen-bond acceptors (Lipinski definition) is 3. The molecule has 0 amide bonds. The van der Waals surface area contributed by atoms with Crippen LogP contribution >= 0.6 is 0 Å². The van der Waals surface area contributed by atoms with Gasteiger partial charge in [-0.05, 0) is 44.7 Å². The minimum absolute atomic E-state index is 0.752. The lowest BCUT2D eigenvalue weighted by molar-refractivity contribution is 0.157. The zero-order valence-corrected chi connectivity index (χ0v) is 12.5. The summed E-state index contributed by atoms with van der Waals surface area (Å²) >= 11 is 0. The van der Waals surface area contributed by atoms with Gasteiger partial charge in [0.2, 0.25) is 0 Å². The van der Waals surface area contributed by atoms with E-state index in [4.69, 9.17) is 0 Å². The Balaban J connectivity index is 1.80.